The fourth-order valence-corrected chi connectivity index (χ4v) is 4.14. The predicted molar refractivity (Wildman–Crippen MR) is 76.6 cm³/mol. The monoisotopic (exact) mass is 332 g/mol. The van der Waals surface area contributed by atoms with Crippen LogP contribution in [0, 0.1) is 4.77 Å². The summed E-state index contributed by atoms with van der Waals surface area (Å²) >= 11 is 5.18. The molecule has 0 aliphatic carbocycles. The van der Waals surface area contributed by atoms with Gasteiger partial charge in [-0.2, -0.15) is 0 Å². The van der Waals surface area contributed by atoms with Crippen LogP contribution in [0.15, 0.2) is 30.5 Å². The Hall–Kier alpha value is -0.490. The average Bonchev–Trinajstić information content (AvgIpc) is 2.53. The highest BCUT2D eigenvalue weighted by molar-refractivity contribution is 14.2. The number of aromatic amines is 2. The van der Waals surface area contributed by atoms with Crippen LogP contribution in [0.2, 0.25) is 0 Å². The molecule has 1 aliphatic heterocycles. The Morgan fingerprint density at radius 1 is 1.47 bits per heavy atom. The Kier molecular flexibility index (Phi) is 3.69. The van der Waals surface area contributed by atoms with E-state index in [2.05, 4.69) is 41.2 Å². The number of alkyl halides is 1. The molecule has 0 aromatic carbocycles. The number of halogens is 1. The van der Waals surface area contributed by atoms with Crippen LogP contribution in [-0.2, 0) is 0 Å². The van der Waals surface area contributed by atoms with E-state index in [1.165, 1.54) is 10.1 Å². The first kappa shape index (κ1) is 11.0. The van der Waals surface area contributed by atoms with E-state index in [1.807, 2.05) is 6.20 Å². The Balaban J connectivity index is 2.24. The molecule has 15 heavy (non-hydrogen) atoms. The summed E-state index contributed by atoms with van der Waals surface area (Å²) in [6.45, 7) is 2.24. The van der Waals surface area contributed by atoms with E-state index in [0.717, 1.165) is 0 Å². The molecule has 1 unspecified atom stereocenters. The second-order valence-corrected chi connectivity index (χ2v) is 6.68. The zero-order valence-corrected chi connectivity index (χ0v) is 11.4. The number of rotatable bonds is 2. The van der Waals surface area contributed by atoms with Crippen molar-refractivity contribution in [2.75, 3.05) is 4.43 Å². The minimum Gasteiger partial charge on any atom is -0.337 e. The van der Waals surface area contributed by atoms with Crippen LogP contribution in [0.4, 0.5) is 0 Å². The lowest BCUT2D eigenvalue weighted by molar-refractivity contribution is 0.984. The first-order valence-electron chi connectivity index (χ1n) is 4.84. The molecular weight excluding hydrogens is 319 g/mol. The smallest absolute Gasteiger partial charge is 0.174 e. The van der Waals surface area contributed by atoms with Crippen molar-refractivity contribution in [2.45, 2.75) is 12.8 Å². The largest absolute Gasteiger partial charge is 0.337 e. The van der Waals surface area contributed by atoms with Gasteiger partial charge in [0.05, 0.1) is 0 Å². The molecule has 80 valence electrons. The lowest BCUT2D eigenvalue weighted by Crippen LogP contribution is -2.04. The lowest BCUT2D eigenvalue weighted by Gasteiger charge is -2.09. The van der Waals surface area contributed by atoms with Crippen molar-refractivity contribution in [3.05, 3.63) is 41.0 Å². The van der Waals surface area contributed by atoms with Gasteiger partial charge in [-0.1, -0.05) is 31.2 Å². The summed E-state index contributed by atoms with van der Waals surface area (Å²) in [5, 5.41) is 0. The Bertz CT molecular complexity index is 479. The quantitative estimate of drug-likeness (QED) is 0.485. The first-order chi connectivity index (χ1) is 7.27. The molecule has 1 atom stereocenters. The molecular formula is C11H13IN2S. The molecule has 0 amide bonds. The second kappa shape index (κ2) is 5.03. The fourth-order valence-electron chi connectivity index (χ4n) is 1.44. The van der Waals surface area contributed by atoms with Crippen molar-refractivity contribution in [3.8, 4) is 0 Å². The van der Waals surface area contributed by atoms with Gasteiger partial charge in [-0.05, 0) is 15.7 Å². The molecule has 2 N–H and O–H groups in total. The van der Waals surface area contributed by atoms with Crippen molar-refractivity contribution < 1.29 is 0 Å². The van der Waals surface area contributed by atoms with Gasteiger partial charge in [-0.15, -0.1) is 20.7 Å². The maximum atomic E-state index is 5.04. The normalized spacial score (nSPS) is 17.8. The maximum absolute atomic E-state index is 5.04. The van der Waals surface area contributed by atoms with Crippen LogP contribution in [0.1, 0.15) is 18.5 Å². The van der Waals surface area contributed by atoms with Crippen molar-refractivity contribution in [1.82, 2.24) is 9.97 Å². The fraction of sp³-hybridized carbons (Fsp3) is 0.273. The number of hydrogen-bond acceptors (Lipinski definition) is 1. The van der Waals surface area contributed by atoms with Gasteiger partial charge < -0.3 is 9.97 Å². The molecule has 1 aromatic heterocycles. The molecule has 1 aromatic rings. The van der Waals surface area contributed by atoms with Gasteiger partial charge in [-0.3, -0.25) is 0 Å². The minimum atomic E-state index is 0.140. The summed E-state index contributed by atoms with van der Waals surface area (Å²) in [7, 11) is 0. The minimum absolute atomic E-state index is 0.140. The Morgan fingerprint density at radius 2 is 2.33 bits per heavy atom. The van der Waals surface area contributed by atoms with E-state index in [4.69, 9.17) is 12.2 Å². The topological polar surface area (TPSA) is 31.6 Å². The molecule has 0 spiro atoms. The van der Waals surface area contributed by atoms with Gasteiger partial charge in [0.1, 0.15) is 0 Å². The molecule has 0 saturated heterocycles. The second-order valence-electron chi connectivity index (χ2n) is 3.38. The number of hydrogen-bond donors (Lipinski definition) is 2. The van der Waals surface area contributed by atoms with E-state index in [1.54, 1.807) is 3.51 Å². The summed E-state index contributed by atoms with van der Waals surface area (Å²) in [4.78, 5) is 6.22. The summed E-state index contributed by atoms with van der Waals surface area (Å²) in [6.07, 6.45) is 10.8. The van der Waals surface area contributed by atoms with Gasteiger partial charge in [0.15, 0.2) is 4.77 Å². The third-order valence-corrected chi connectivity index (χ3v) is 5.66. The standard InChI is InChI=1S/C11H13IN2S/c1-8(10-7-13-11(15)14-10)9-5-3-2-4-6-12-9/h2-5,7-8H,6H2,1H3,(H2,13,14,15). The van der Waals surface area contributed by atoms with Crippen LogP contribution < -0.4 is 0 Å². The Labute approximate surface area is 104 Å². The molecule has 0 bridgehead atoms. The SMILES string of the molecule is CC(C1=ICC=CC=C1)c1c[nH]c(=S)[nH]1. The first-order valence-corrected chi connectivity index (χ1v) is 7.85. The summed E-state index contributed by atoms with van der Waals surface area (Å²) < 4.78 is 3.51. The number of imidazole rings is 1. The highest BCUT2D eigenvalue weighted by atomic mass is 127. The van der Waals surface area contributed by atoms with E-state index in [-0.39, 0.29) is 20.7 Å². The number of allylic oxidation sites excluding steroid dienone is 4. The maximum Gasteiger partial charge on any atom is 0.174 e. The zero-order chi connectivity index (χ0) is 10.7. The van der Waals surface area contributed by atoms with Gasteiger partial charge >= 0.3 is 0 Å². The van der Waals surface area contributed by atoms with E-state index in [0.29, 0.717) is 10.7 Å². The van der Waals surface area contributed by atoms with Gasteiger partial charge in [-0.25, -0.2) is 0 Å². The van der Waals surface area contributed by atoms with Crippen LogP contribution in [0.25, 0.3) is 0 Å². The molecule has 0 fully saturated rings. The van der Waals surface area contributed by atoms with E-state index < -0.39 is 0 Å². The summed E-state index contributed by atoms with van der Waals surface area (Å²) in [6, 6.07) is 0. The molecule has 0 saturated carbocycles. The molecule has 1 aliphatic rings. The molecule has 2 heterocycles. The third kappa shape index (κ3) is 2.75. The van der Waals surface area contributed by atoms with E-state index in [9.17, 15) is 0 Å². The molecule has 2 rings (SSSR count). The Morgan fingerprint density at radius 3 is 3.07 bits per heavy atom. The predicted octanol–water partition coefficient (Wildman–Crippen LogP) is 3.44. The van der Waals surface area contributed by atoms with Gasteiger partial charge in [0.2, 0.25) is 0 Å². The van der Waals surface area contributed by atoms with Crippen LogP contribution >= 0.6 is 32.9 Å². The molecule has 0 radical (unpaired) electrons. The highest BCUT2D eigenvalue weighted by Gasteiger charge is 2.11. The summed E-state index contributed by atoms with van der Waals surface area (Å²) in [5.74, 6) is 0.460. The van der Waals surface area contributed by atoms with Crippen molar-refractivity contribution in [3.63, 3.8) is 0 Å². The number of H-pyrrole nitrogens is 2. The lowest BCUT2D eigenvalue weighted by atomic mass is 10.0. The number of nitrogens with one attached hydrogen (secondary N) is 2. The molecule has 4 heteroatoms. The van der Waals surface area contributed by atoms with Gasteiger partial charge in [0.25, 0.3) is 0 Å². The third-order valence-electron chi connectivity index (χ3n) is 2.32. The van der Waals surface area contributed by atoms with Crippen LogP contribution in [0.5, 0.6) is 0 Å². The van der Waals surface area contributed by atoms with Crippen LogP contribution in [-0.4, -0.2) is 17.9 Å². The van der Waals surface area contributed by atoms with E-state index >= 15 is 0 Å². The average molecular weight is 332 g/mol. The molecule has 2 nitrogen and oxygen atoms in total. The highest BCUT2D eigenvalue weighted by Crippen LogP contribution is 2.21. The van der Waals surface area contributed by atoms with Gasteiger partial charge in [0, 0.05) is 22.2 Å². The van der Waals surface area contributed by atoms with Crippen LogP contribution in [0.3, 0.4) is 0 Å². The van der Waals surface area contributed by atoms with Crippen molar-refractivity contribution in [1.29, 1.82) is 0 Å². The number of aromatic nitrogens is 2. The zero-order valence-electron chi connectivity index (χ0n) is 8.46. The summed E-state index contributed by atoms with van der Waals surface area (Å²) in [5.41, 5.74) is 1.20. The van der Waals surface area contributed by atoms with Crippen molar-refractivity contribution in [2.24, 2.45) is 0 Å². The van der Waals surface area contributed by atoms with Crippen molar-refractivity contribution >= 4 is 36.5 Å².